The van der Waals surface area contributed by atoms with Crippen molar-refractivity contribution >= 4 is 17.7 Å². The molecule has 0 amide bonds. The van der Waals surface area contributed by atoms with Crippen LogP contribution >= 0.6 is 0 Å². The summed E-state index contributed by atoms with van der Waals surface area (Å²) in [6.45, 7) is 11.7. The van der Waals surface area contributed by atoms with E-state index >= 15 is 0 Å². The minimum atomic E-state index is -0.351. The summed E-state index contributed by atoms with van der Waals surface area (Å²) < 4.78 is 11.4. The second-order valence-electron chi connectivity index (χ2n) is 11.2. The maximum absolute atomic E-state index is 13.6. The first kappa shape index (κ1) is 21.6. The lowest BCUT2D eigenvalue weighted by molar-refractivity contribution is -0.161. The molecule has 166 valence electrons. The molecule has 0 aromatic carbocycles. The van der Waals surface area contributed by atoms with Gasteiger partial charge in [-0.1, -0.05) is 33.3 Å². The van der Waals surface area contributed by atoms with Crippen molar-refractivity contribution in [3.05, 3.63) is 11.6 Å². The van der Waals surface area contributed by atoms with Crippen molar-refractivity contribution in [1.29, 1.82) is 0 Å². The van der Waals surface area contributed by atoms with Gasteiger partial charge in [0, 0.05) is 30.6 Å². The van der Waals surface area contributed by atoms with E-state index < -0.39 is 0 Å². The van der Waals surface area contributed by atoms with Gasteiger partial charge in [-0.15, -0.1) is 0 Å². The largest absolute Gasteiger partial charge is 0.462 e. The van der Waals surface area contributed by atoms with Gasteiger partial charge in [-0.05, 0) is 61.9 Å². The van der Waals surface area contributed by atoms with E-state index in [4.69, 9.17) is 9.47 Å². The molecule has 0 bridgehead atoms. The molecule has 4 aliphatic rings. The van der Waals surface area contributed by atoms with Gasteiger partial charge in [-0.2, -0.15) is 0 Å². The molecule has 3 fully saturated rings. The van der Waals surface area contributed by atoms with Gasteiger partial charge in [0.25, 0.3) is 0 Å². The number of ketones is 1. The van der Waals surface area contributed by atoms with Crippen LogP contribution in [-0.4, -0.2) is 29.9 Å². The Kier molecular flexibility index (Phi) is 4.98. The maximum atomic E-state index is 13.6. The number of ether oxygens (including phenoxy) is 2. The third-order valence-electron chi connectivity index (χ3n) is 9.27. The van der Waals surface area contributed by atoms with Crippen LogP contribution in [-0.2, 0) is 23.9 Å². The lowest BCUT2D eigenvalue weighted by Crippen LogP contribution is -2.57. The van der Waals surface area contributed by atoms with E-state index in [1.807, 2.05) is 6.08 Å². The molecule has 0 spiro atoms. The van der Waals surface area contributed by atoms with Crippen LogP contribution in [0.5, 0.6) is 0 Å². The monoisotopic (exact) mass is 416 g/mol. The Morgan fingerprint density at radius 2 is 1.50 bits per heavy atom. The third kappa shape index (κ3) is 2.98. The first-order chi connectivity index (χ1) is 13.9. The Bertz CT molecular complexity index is 810. The second kappa shape index (κ2) is 6.93. The minimum Gasteiger partial charge on any atom is -0.462 e. The average molecular weight is 417 g/mol. The zero-order chi connectivity index (χ0) is 22.1. The van der Waals surface area contributed by atoms with Crippen LogP contribution in [0.3, 0.4) is 0 Å². The molecule has 7 atom stereocenters. The SMILES string of the molecule is CC(=O)O[C@H]1CC[C@]2(C)C(=CC(=O)[C@H]3[C@@H]4CC[C@H](OC(C)=O)[C@]4(C)CC[C@@H]32)C1(C)C. The van der Waals surface area contributed by atoms with E-state index in [-0.39, 0.29) is 58.0 Å². The van der Waals surface area contributed by atoms with Gasteiger partial charge in [0.15, 0.2) is 5.78 Å². The van der Waals surface area contributed by atoms with Crippen LogP contribution in [0.25, 0.3) is 0 Å². The van der Waals surface area contributed by atoms with Crippen LogP contribution in [0.4, 0.5) is 0 Å². The predicted molar refractivity (Wildman–Crippen MR) is 112 cm³/mol. The fourth-order valence-electron chi connectivity index (χ4n) is 7.81. The topological polar surface area (TPSA) is 69.7 Å². The number of carbonyl (C=O) groups excluding carboxylic acids is 3. The van der Waals surface area contributed by atoms with E-state index in [2.05, 4.69) is 27.7 Å². The van der Waals surface area contributed by atoms with Gasteiger partial charge in [0.1, 0.15) is 12.2 Å². The van der Waals surface area contributed by atoms with Crippen molar-refractivity contribution in [1.82, 2.24) is 0 Å². The first-order valence-corrected chi connectivity index (χ1v) is 11.5. The molecule has 3 saturated carbocycles. The minimum absolute atomic E-state index is 0.000802. The summed E-state index contributed by atoms with van der Waals surface area (Å²) in [4.78, 5) is 36.9. The van der Waals surface area contributed by atoms with E-state index in [0.29, 0.717) is 5.92 Å². The third-order valence-corrected chi connectivity index (χ3v) is 9.27. The number of rotatable bonds is 2. The lowest BCUT2D eigenvalue weighted by Gasteiger charge is -2.60. The van der Waals surface area contributed by atoms with Gasteiger partial charge < -0.3 is 9.47 Å². The molecule has 4 rings (SSSR count). The molecule has 0 aromatic rings. The smallest absolute Gasteiger partial charge is 0.302 e. The highest BCUT2D eigenvalue weighted by atomic mass is 16.5. The molecule has 4 aliphatic carbocycles. The molecule has 5 nitrogen and oxygen atoms in total. The molecule has 0 saturated heterocycles. The molecule has 0 aromatic heterocycles. The van der Waals surface area contributed by atoms with Crippen molar-refractivity contribution in [2.45, 2.75) is 92.3 Å². The van der Waals surface area contributed by atoms with Crippen LogP contribution < -0.4 is 0 Å². The second-order valence-corrected chi connectivity index (χ2v) is 11.2. The summed E-state index contributed by atoms with van der Waals surface area (Å²) in [6.07, 6.45) is 7.16. The molecule has 5 heteroatoms. The zero-order valence-corrected chi connectivity index (χ0v) is 19.2. The summed E-state index contributed by atoms with van der Waals surface area (Å²) >= 11 is 0. The van der Waals surface area contributed by atoms with Gasteiger partial charge in [-0.25, -0.2) is 0 Å². The van der Waals surface area contributed by atoms with Crippen molar-refractivity contribution in [3.8, 4) is 0 Å². The van der Waals surface area contributed by atoms with E-state index in [9.17, 15) is 14.4 Å². The Balaban J connectivity index is 1.70. The van der Waals surface area contributed by atoms with Crippen molar-refractivity contribution in [3.63, 3.8) is 0 Å². The zero-order valence-electron chi connectivity index (χ0n) is 19.2. The fraction of sp³-hybridized carbons (Fsp3) is 0.800. The van der Waals surface area contributed by atoms with Gasteiger partial charge in [-0.3, -0.25) is 14.4 Å². The van der Waals surface area contributed by atoms with Crippen molar-refractivity contribution in [2.75, 3.05) is 0 Å². The van der Waals surface area contributed by atoms with Crippen LogP contribution in [0, 0.1) is 34.0 Å². The normalized spacial score (nSPS) is 44.3. The molecule has 30 heavy (non-hydrogen) atoms. The highest BCUT2D eigenvalue weighted by molar-refractivity contribution is 5.95. The molecule has 0 N–H and O–H groups in total. The Morgan fingerprint density at radius 1 is 0.867 bits per heavy atom. The summed E-state index contributed by atoms with van der Waals surface area (Å²) in [7, 11) is 0. The lowest BCUT2D eigenvalue weighted by atomic mass is 9.44. The van der Waals surface area contributed by atoms with E-state index in [1.54, 1.807) is 0 Å². The number of fused-ring (bicyclic) bond motifs is 5. The van der Waals surface area contributed by atoms with Crippen molar-refractivity contribution in [2.24, 2.45) is 34.0 Å². The Hall–Kier alpha value is -1.65. The summed E-state index contributed by atoms with van der Waals surface area (Å²) in [5.74, 6) is 0.308. The number of carbonyl (C=O) groups is 3. The Labute approximate surface area is 179 Å². The fourth-order valence-corrected chi connectivity index (χ4v) is 7.81. The highest BCUT2D eigenvalue weighted by Gasteiger charge is 2.64. The quantitative estimate of drug-likeness (QED) is 0.614. The summed E-state index contributed by atoms with van der Waals surface area (Å²) in [5.41, 5.74) is 0.640. The standard InChI is InChI=1S/C25H36O5/c1-14(26)29-20-10-12-24(5)17-9-11-25(6)16(7-8-21(25)30-15(2)27)22(17)18(28)13-19(24)23(20,3)4/h13,16-17,20-22H,7-12H2,1-6H3/t16-,17-,20-,21-,22-,24-,25+/m0/s1. The molecular formula is C25H36O5. The number of hydrogen-bond acceptors (Lipinski definition) is 5. The first-order valence-electron chi connectivity index (χ1n) is 11.5. The van der Waals surface area contributed by atoms with Gasteiger partial charge in [0.05, 0.1) is 0 Å². The highest BCUT2D eigenvalue weighted by Crippen LogP contribution is 2.66. The number of hydrogen-bond donors (Lipinski definition) is 0. The van der Waals surface area contributed by atoms with Gasteiger partial charge in [0.2, 0.25) is 0 Å². The molecule has 0 aliphatic heterocycles. The van der Waals surface area contributed by atoms with Crippen LogP contribution in [0.15, 0.2) is 11.6 Å². The van der Waals surface area contributed by atoms with Crippen LogP contribution in [0.1, 0.15) is 80.1 Å². The van der Waals surface area contributed by atoms with E-state index in [1.165, 1.54) is 13.8 Å². The summed E-state index contributed by atoms with van der Waals surface area (Å²) in [6, 6.07) is 0. The number of allylic oxidation sites excluding steroid dienone is 1. The average Bonchev–Trinajstić information content (AvgIpc) is 2.95. The number of esters is 2. The molecule has 0 radical (unpaired) electrons. The Morgan fingerprint density at radius 3 is 2.13 bits per heavy atom. The molecule has 0 heterocycles. The molecule has 0 unspecified atom stereocenters. The van der Waals surface area contributed by atoms with Crippen LogP contribution in [0.2, 0.25) is 0 Å². The summed E-state index contributed by atoms with van der Waals surface area (Å²) in [5, 5.41) is 0. The predicted octanol–water partition coefficient (Wildman–Crippen LogP) is 4.63. The van der Waals surface area contributed by atoms with Gasteiger partial charge >= 0.3 is 11.9 Å². The molecular weight excluding hydrogens is 380 g/mol. The van der Waals surface area contributed by atoms with Crippen molar-refractivity contribution < 1.29 is 23.9 Å². The van der Waals surface area contributed by atoms with E-state index in [0.717, 1.165) is 44.1 Å². The maximum Gasteiger partial charge on any atom is 0.302 e.